The summed E-state index contributed by atoms with van der Waals surface area (Å²) >= 11 is 0. The number of aliphatic hydroxyl groups excluding tert-OH is 2. The molecule has 0 rings (SSSR count). The van der Waals surface area contributed by atoms with Crippen molar-refractivity contribution >= 4 is 11.9 Å². The molecule has 0 spiro atoms. The molecule has 2 unspecified atom stereocenters. The predicted molar refractivity (Wildman–Crippen MR) is 241 cm³/mol. The van der Waals surface area contributed by atoms with E-state index in [1.54, 1.807) is 6.08 Å². The van der Waals surface area contributed by atoms with Crippen LogP contribution in [0, 0.1) is 0 Å². The Hall–Kier alpha value is -1.66. The summed E-state index contributed by atoms with van der Waals surface area (Å²) in [5.41, 5.74) is 0. The zero-order chi connectivity index (χ0) is 40.8. The molecule has 6 heteroatoms. The van der Waals surface area contributed by atoms with Gasteiger partial charge >= 0.3 is 5.97 Å². The first-order chi connectivity index (χ1) is 27.5. The minimum absolute atomic E-state index is 0.0351. The van der Waals surface area contributed by atoms with Gasteiger partial charge in [0.25, 0.3) is 0 Å². The van der Waals surface area contributed by atoms with E-state index in [9.17, 15) is 19.8 Å². The molecule has 0 aliphatic heterocycles. The van der Waals surface area contributed by atoms with Gasteiger partial charge in [0.15, 0.2) is 0 Å². The molecular weight excluding hydrogens is 695 g/mol. The van der Waals surface area contributed by atoms with Gasteiger partial charge in [-0.25, -0.2) is 0 Å². The molecule has 6 nitrogen and oxygen atoms in total. The number of esters is 1. The second-order valence-corrected chi connectivity index (χ2v) is 16.8. The molecule has 0 saturated heterocycles. The SMILES string of the molecule is CCCCCCCCC/C=C\CCCCCCCC(=O)OCCCCCCCCCCCC(=O)NC(CO)C(O)/C=C/CCCCCCCCCCCCCC. The van der Waals surface area contributed by atoms with Crippen molar-refractivity contribution in [3.8, 4) is 0 Å². The number of amides is 1. The smallest absolute Gasteiger partial charge is 0.305 e. The van der Waals surface area contributed by atoms with Gasteiger partial charge in [0.05, 0.1) is 25.4 Å². The highest BCUT2D eigenvalue weighted by Gasteiger charge is 2.18. The Balaban J connectivity index is 3.53. The lowest BCUT2D eigenvalue weighted by molar-refractivity contribution is -0.143. The molecule has 0 aromatic heterocycles. The second-order valence-electron chi connectivity index (χ2n) is 16.8. The normalized spacial score (nSPS) is 12.9. The van der Waals surface area contributed by atoms with E-state index >= 15 is 0 Å². The van der Waals surface area contributed by atoms with Gasteiger partial charge in [-0.3, -0.25) is 9.59 Å². The van der Waals surface area contributed by atoms with E-state index in [1.807, 2.05) is 6.08 Å². The van der Waals surface area contributed by atoms with Crippen molar-refractivity contribution in [1.29, 1.82) is 0 Å². The third kappa shape index (κ3) is 42.0. The number of carbonyl (C=O) groups is 2. The van der Waals surface area contributed by atoms with Crippen LogP contribution in [0.15, 0.2) is 24.3 Å². The summed E-state index contributed by atoms with van der Waals surface area (Å²) in [4.78, 5) is 24.4. The molecule has 0 radical (unpaired) electrons. The van der Waals surface area contributed by atoms with Crippen LogP contribution in [0.3, 0.4) is 0 Å². The summed E-state index contributed by atoms with van der Waals surface area (Å²) in [5.74, 6) is -0.131. The lowest BCUT2D eigenvalue weighted by Crippen LogP contribution is -2.45. The van der Waals surface area contributed by atoms with Crippen molar-refractivity contribution in [3.05, 3.63) is 24.3 Å². The van der Waals surface area contributed by atoms with E-state index in [-0.39, 0.29) is 18.5 Å². The Kier molecular flexibility index (Phi) is 44.7. The standard InChI is InChI=1S/C50H95NO5/c1-3-5-7-9-11-13-15-17-19-20-22-24-28-32-36-40-44-50(55)56-45-41-37-33-29-25-27-31-35-39-43-49(54)51-47(46-52)48(53)42-38-34-30-26-23-21-18-16-14-12-10-8-6-4-2/h19-20,38,42,47-48,52-53H,3-18,21-37,39-41,43-46H2,1-2H3,(H,51,54)/b20-19-,42-38+. The van der Waals surface area contributed by atoms with E-state index in [0.717, 1.165) is 57.8 Å². The molecule has 0 fully saturated rings. The van der Waals surface area contributed by atoms with E-state index in [4.69, 9.17) is 4.74 Å². The number of carbonyl (C=O) groups excluding carboxylic acids is 2. The maximum atomic E-state index is 12.4. The van der Waals surface area contributed by atoms with Crippen LogP contribution in [0.5, 0.6) is 0 Å². The second kappa shape index (κ2) is 46.0. The van der Waals surface area contributed by atoms with Gasteiger partial charge in [0, 0.05) is 12.8 Å². The molecule has 1 amide bonds. The van der Waals surface area contributed by atoms with Gasteiger partial charge in [-0.2, -0.15) is 0 Å². The van der Waals surface area contributed by atoms with E-state index in [1.165, 1.54) is 173 Å². The predicted octanol–water partition coefficient (Wildman–Crippen LogP) is 14.3. The number of hydrogen-bond acceptors (Lipinski definition) is 5. The average molecular weight is 790 g/mol. The van der Waals surface area contributed by atoms with Crippen LogP contribution in [-0.4, -0.2) is 47.4 Å². The maximum absolute atomic E-state index is 12.4. The Morgan fingerprint density at radius 3 is 1.27 bits per heavy atom. The zero-order valence-corrected chi connectivity index (χ0v) is 37.4. The van der Waals surface area contributed by atoms with E-state index in [2.05, 4.69) is 31.3 Å². The van der Waals surface area contributed by atoms with Crippen LogP contribution in [0.4, 0.5) is 0 Å². The molecule has 0 heterocycles. The Morgan fingerprint density at radius 1 is 0.482 bits per heavy atom. The van der Waals surface area contributed by atoms with Gasteiger partial charge in [0.1, 0.15) is 0 Å². The summed E-state index contributed by atoms with van der Waals surface area (Å²) in [6, 6.07) is -0.647. The molecule has 0 bridgehead atoms. The minimum Gasteiger partial charge on any atom is -0.466 e. The van der Waals surface area contributed by atoms with Crippen molar-refractivity contribution in [1.82, 2.24) is 5.32 Å². The van der Waals surface area contributed by atoms with E-state index in [0.29, 0.717) is 19.4 Å². The van der Waals surface area contributed by atoms with Crippen LogP contribution in [-0.2, 0) is 14.3 Å². The molecule has 2 atom stereocenters. The minimum atomic E-state index is -0.861. The molecule has 330 valence electrons. The van der Waals surface area contributed by atoms with Gasteiger partial charge in [-0.15, -0.1) is 0 Å². The van der Waals surface area contributed by atoms with Gasteiger partial charge < -0.3 is 20.3 Å². The lowest BCUT2D eigenvalue weighted by Gasteiger charge is -2.20. The van der Waals surface area contributed by atoms with Crippen molar-refractivity contribution in [2.24, 2.45) is 0 Å². The molecule has 0 saturated carbocycles. The monoisotopic (exact) mass is 790 g/mol. The summed E-state index contributed by atoms with van der Waals surface area (Å²) < 4.78 is 5.44. The number of rotatable bonds is 45. The fourth-order valence-corrected chi connectivity index (χ4v) is 7.39. The highest BCUT2D eigenvalue weighted by molar-refractivity contribution is 5.76. The first-order valence-corrected chi connectivity index (χ1v) is 24.6. The number of aliphatic hydroxyl groups is 2. The van der Waals surface area contributed by atoms with Gasteiger partial charge in [-0.1, -0.05) is 212 Å². The van der Waals surface area contributed by atoms with E-state index < -0.39 is 12.1 Å². The van der Waals surface area contributed by atoms with Crippen LogP contribution in [0.2, 0.25) is 0 Å². The summed E-state index contributed by atoms with van der Waals surface area (Å²) in [6.07, 6.45) is 53.1. The fraction of sp³-hybridized carbons (Fsp3) is 0.880. The highest BCUT2D eigenvalue weighted by Crippen LogP contribution is 2.15. The van der Waals surface area contributed by atoms with Crippen LogP contribution in [0.25, 0.3) is 0 Å². The van der Waals surface area contributed by atoms with Crippen LogP contribution < -0.4 is 5.32 Å². The number of nitrogens with one attached hydrogen (secondary N) is 1. The van der Waals surface area contributed by atoms with Gasteiger partial charge in [-0.05, 0) is 57.8 Å². The van der Waals surface area contributed by atoms with Crippen molar-refractivity contribution in [3.63, 3.8) is 0 Å². The van der Waals surface area contributed by atoms with Crippen molar-refractivity contribution in [2.75, 3.05) is 13.2 Å². The number of ether oxygens (including phenoxy) is 1. The molecule has 0 aromatic rings. The Bertz CT molecular complexity index is 874. The summed E-state index contributed by atoms with van der Waals surface area (Å²) in [7, 11) is 0. The molecule has 0 aliphatic rings. The molecular formula is C50H95NO5. The van der Waals surface area contributed by atoms with Crippen molar-refractivity contribution in [2.45, 2.75) is 270 Å². The lowest BCUT2D eigenvalue weighted by atomic mass is 10.0. The molecule has 0 aromatic carbocycles. The Labute approximate surface area is 348 Å². The topological polar surface area (TPSA) is 95.9 Å². The molecule has 0 aliphatic carbocycles. The van der Waals surface area contributed by atoms with Crippen molar-refractivity contribution < 1.29 is 24.5 Å². The van der Waals surface area contributed by atoms with Crippen LogP contribution >= 0.6 is 0 Å². The van der Waals surface area contributed by atoms with Gasteiger partial charge in [0.2, 0.25) is 5.91 Å². The maximum Gasteiger partial charge on any atom is 0.305 e. The Morgan fingerprint density at radius 2 is 0.839 bits per heavy atom. The third-order valence-electron chi connectivity index (χ3n) is 11.2. The highest BCUT2D eigenvalue weighted by atomic mass is 16.5. The fourth-order valence-electron chi connectivity index (χ4n) is 7.39. The summed E-state index contributed by atoms with van der Waals surface area (Å²) in [5, 5.41) is 23.0. The first kappa shape index (κ1) is 54.3. The number of unbranched alkanes of at least 4 members (excludes halogenated alkanes) is 32. The third-order valence-corrected chi connectivity index (χ3v) is 11.2. The van der Waals surface area contributed by atoms with Crippen LogP contribution in [0.1, 0.15) is 258 Å². The quantitative estimate of drug-likeness (QED) is 0.0324. The summed E-state index contributed by atoms with van der Waals surface area (Å²) in [6.45, 7) is 4.82. The molecule has 56 heavy (non-hydrogen) atoms. The zero-order valence-electron chi connectivity index (χ0n) is 37.4. The average Bonchev–Trinajstić information content (AvgIpc) is 3.20. The first-order valence-electron chi connectivity index (χ1n) is 24.6. The molecule has 3 N–H and O–H groups in total. The number of allylic oxidation sites excluding steroid dienone is 3. The largest absolute Gasteiger partial charge is 0.466 e. The number of hydrogen-bond donors (Lipinski definition) is 3.